The molecule has 3 heteroatoms. The number of fused-ring (bicyclic) bond motifs is 1. The Kier molecular flexibility index (Phi) is 3.26. The van der Waals surface area contributed by atoms with Crippen molar-refractivity contribution < 1.29 is 0 Å². The van der Waals surface area contributed by atoms with Gasteiger partial charge in [0, 0.05) is 36.9 Å². The van der Waals surface area contributed by atoms with E-state index in [1.165, 1.54) is 49.0 Å². The van der Waals surface area contributed by atoms with Gasteiger partial charge in [0.15, 0.2) is 0 Å². The lowest BCUT2D eigenvalue weighted by Gasteiger charge is -2.35. The molecule has 0 aromatic carbocycles. The maximum absolute atomic E-state index is 4.52. The van der Waals surface area contributed by atoms with Crippen LogP contribution in [0, 0.1) is 11.8 Å². The fourth-order valence-electron chi connectivity index (χ4n) is 4.13. The number of hydrogen-bond acceptors (Lipinski definition) is 2. The monoisotopic (exact) mass is 283 g/mol. The van der Waals surface area contributed by atoms with Crippen molar-refractivity contribution in [3.63, 3.8) is 0 Å². The van der Waals surface area contributed by atoms with Crippen LogP contribution in [0.2, 0.25) is 0 Å². The molecular formula is C18H25N3. The average molecular weight is 283 g/mol. The highest BCUT2D eigenvalue weighted by molar-refractivity contribution is 5.81. The molecule has 1 aliphatic carbocycles. The van der Waals surface area contributed by atoms with Gasteiger partial charge in [0.05, 0.1) is 0 Å². The Bertz CT molecular complexity index is 631. The summed E-state index contributed by atoms with van der Waals surface area (Å²) in [7, 11) is 0. The quantitative estimate of drug-likeness (QED) is 0.926. The Morgan fingerprint density at radius 3 is 2.71 bits per heavy atom. The van der Waals surface area contributed by atoms with Gasteiger partial charge in [-0.25, -0.2) is 4.98 Å². The third-order valence-electron chi connectivity index (χ3n) is 5.02. The van der Waals surface area contributed by atoms with Crippen LogP contribution < -0.4 is 0 Å². The summed E-state index contributed by atoms with van der Waals surface area (Å²) in [4.78, 5) is 10.8. The number of aromatic nitrogens is 2. The predicted molar refractivity (Wildman–Crippen MR) is 86.3 cm³/mol. The number of nitrogens with zero attached hydrogens (tertiary/aromatic N) is 2. The van der Waals surface area contributed by atoms with Crippen molar-refractivity contribution in [1.82, 2.24) is 14.9 Å². The molecular weight excluding hydrogens is 258 g/mol. The first-order chi connectivity index (χ1) is 10.2. The maximum atomic E-state index is 4.52. The minimum atomic E-state index is 0.758. The molecule has 1 saturated carbocycles. The van der Waals surface area contributed by atoms with Gasteiger partial charge in [-0.15, -0.1) is 0 Å². The molecule has 1 saturated heterocycles. The molecule has 1 N–H and O–H groups in total. The van der Waals surface area contributed by atoms with Crippen molar-refractivity contribution in [3.05, 3.63) is 29.6 Å². The fraction of sp³-hybridized carbons (Fsp3) is 0.611. The highest BCUT2D eigenvalue weighted by Crippen LogP contribution is 2.43. The predicted octanol–water partition coefficient (Wildman–Crippen LogP) is 3.92. The van der Waals surface area contributed by atoms with E-state index in [0.29, 0.717) is 0 Å². The van der Waals surface area contributed by atoms with Crippen LogP contribution >= 0.6 is 0 Å². The number of rotatable bonds is 3. The zero-order valence-corrected chi connectivity index (χ0v) is 13.1. The molecule has 0 radical (unpaired) electrons. The molecule has 2 aromatic rings. The summed E-state index contributed by atoms with van der Waals surface area (Å²) >= 11 is 0. The SMILES string of the molecule is C[C@@H]1C[C@H](C)CN(Cc2c(C3CC3)[nH]c3ncccc23)C1. The van der Waals surface area contributed by atoms with Gasteiger partial charge < -0.3 is 4.98 Å². The van der Waals surface area contributed by atoms with Crippen LogP contribution in [0.4, 0.5) is 0 Å². The van der Waals surface area contributed by atoms with Crippen LogP contribution in [0.1, 0.15) is 50.3 Å². The second-order valence-electron chi connectivity index (χ2n) is 7.33. The molecule has 0 spiro atoms. The first kappa shape index (κ1) is 13.3. The van der Waals surface area contributed by atoms with Crippen molar-refractivity contribution in [3.8, 4) is 0 Å². The van der Waals surface area contributed by atoms with Crippen LogP contribution in [0.3, 0.4) is 0 Å². The van der Waals surface area contributed by atoms with Crippen LogP contribution in [-0.2, 0) is 6.54 Å². The lowest BCUT2D eigenvalue weighted by Crippen LogP contribution is -2.38. The zero-order valence-electron chi connectivity index (χ0n) is 13.1. The smallest absolute Gasteiger partial charge is 0.137 e. The number of hydrogen-bond donors (Lipinski definition) is 1. The van der Waals surface area contributed by atoms with Crippen LogP contribution in [0.15, 0.2) is 18.3 Å². The van der Waals surface area contributed by atoms with Crippen LogP contribution in [-0.4, -0.2) is 28.0 Å². The van der Waals surface area contributed by atoms with Gasteiger partial charge in [0.25, 0.3) is 0 Å². The Labute approximate surface area is 126 Å². The van der Waals surface area contributed by atoms with E-state index in [1.54, 1.807) is 0 Å². The topological polar surface area (TPSA) is 31.9 Å². The fourth-order valence-corrected chi connectivity index (χ4v) is 4.13. The molecule has 0 unspecified atom stereocenters. The largest absolute Gasteiger partial charge is 0.343 e. The number of piperidine rings is 1. The van der Waals surface area contributed by atoms with Crippen molar-refractivity contribution in [1.29, 1.82) is 0 Å². The van der Waals surface area contributed by atoms with Crippen LogP contribution in [0.5, 0.6) is 0 Å². The van der Waals surface area contributed by atoms with Gasteiger partial charge in [-0.05, 0) is 54.7 Å². The molecule has 2 aromatic heterocycles. The van der Waals surface area contributed by atoms with E-state index in [2.05, 4.69) is 40.8 Å². The lowest BCUT2D eigenvalue weighted by molar-refractivity contribution is 0.134. The summed E-state index contributed by atoms with van der Waals surface area (Å²) in [6, 6.07) is 4.30. The molecule has 1 aliphatic heterocycles. The van der Waals surface area contributed by atoms with Crippen LogP contribution in [0.25, 0.3) is 11.0 Å². The minimum Gasteiger partial charge on any atom is -0.343 e. The van der Waals surface area contributed by atoms with Gasteiger partial charge in [-0.1, -0.05) is 13.8 Å². The van der Waals surface area contributed by atoms with Crippen molar-refractivity contribution >= 4 is 11.0 Å². The van der Waals surface area contributed by atoms with E-state index >= 15 is 0 Å². The lowest BCUT2D eigenvalue weighted by atomic mass is 9.91. The number of pyridine rings is 1. The summed E-state index contributed by atoms with van der Waals surface area (Å²) in [6.45, 7) is 8.34. The number of nitrogens with one attached hydrogen (secondary N) is 1. The highest BCUT2D eigenvalue weighted by Gasteiger charge is 2.30. The van der Waals surface area contributed by atoms with Crippen molar-refractivity contribution in [2.75, 3.05) is 13.1 Å². The Morgan fingerprint density at radius 2 is 2.00 bits per heavy atom. The number of aromatic amines is 1. The molecule has 4 rings (SSSR count). The van der Waals surface area contributed by atoms with Gasteiger partial charge in [0.2, 0.25) is 0 Å². The summed E-state index contributed by atoms with van der Waals surface area (Å²) in [6.07, 6.45) is 5.95. The first-order valence-corrected chi connectivity index (χ1v) is 8.38. The van der Waals surface area contributed by atoms with Gasteiger partial charge >= 0.3 is 0 Å². The number of H-pyrrole nitrogens is 1. The summed E-state index contributed by atoms with van der Waals surface area (Å²) in [5.74, 6) is 2.40. The summed E-state index contributed by atoms with van der Waals surface area (Å²) in [5.41, 5.74) is 4.06. The minimum absolute atomic E-state index is 0.758. The summed E-state index contributed by atoms with van der Waals surface area (Å²) in [5, 5.41) is 1.34. The van der Waals surface area contributed by atoms with E-state index in [0.717, 1.165) is 29.9 Å². The first-order valence-electron chi connectivity index (χ1n) is 8.38. The van der Waals surface area contributed by atoms with E-state index in [9.17, 15) is 0 Å². The molecule has 112 valence electrons. The molecule has 2 aliphatic rings. The van der Waals surface area contributed by atoms with Gasteiger partial charge in [-0.2, -0.15) is 0 Å². The van der Waals surface area contributed by atoms with E-state index in [4.69, 9.17) is 0 Å². The average Bonchev–Trinajstić information content (AvgIpc) is 3.22. The standard InChI is InChI=1S/C18H25N3/c1-12-8-13(2)10-21(9-12)11-16-15-4-3-7-19-18(15)20-17(16)14-5-6-14/h3-4,7,12-14H,5-6,8-11H2,1-2H3,(H,19,20)/t12-,13+. The molecule has 2 atom stereocenters. The molecule has 3 heterocycles. The Morgan fingerprint density at radius 1 is 1.24 bits per heavy atom. The van der Waals surface area contributed by atoms with E-state index in [-0.39, 0.29) is 0 Å². The second-order valence-corrected chi connectivity index (χ2v) is 7.33. The summed E-state index contributed by atoms with van der Waals surface area (Å²) < 4.78 is 0. The third kappa shape index (κ3) is 2.59. The van der Waals surface area contributed by atoms with Gasteiger partial charge in [0.1, 0.15) is 5.65 Å². The molecule has 3 nitrogen and oxygen atoms in total. The molecule has 0 bridgehead atoms. The van der Waals surface area contributed by atoms with Crippen molar-refractivity contribution in [2.24, 2.45) is 11.8 Å². The molecule has 0 amide bonds. The molecule has 2 fully saturated rings. The Hall–Kier alpha value is -1.35. The maximum Gasteiger partial charge on any atom is 0.137 e. The second kappa shape index (κ2) is 5.13. The number of likely N-dealkylation sites (tertiary alicyclic amines) is 1. The Balaban J connectivity index is 1.67. The third-order valence-corrected chi connectivity index (χ3v) is 5.02. The van der Waals surface area contributed by atoms with Gasteiger partial charge in [-0.3, -0.25) is 4.90 Å². The van der Waals surface area contributed by atoms with E-state index in [1.807, 2.05) is 6.20 Å². The molecule has 21 heavy (non-hydrogen) atoms. The normalized spacial score (nSPS) is 27.3. The van der Waals surface area contributed by atoms with Crippen molar-refractivity contribution in [2.45, 2.75) is 45.6 Å². The highest BCUT2D eigenvalue weighted by atomic mass is 15.1. The van der Waals surface area contributed by atoms with E-state index < -0.39 is 0 Å². The zero-order chi connectivity index (χ0) is 14.4.